The van der Waals surface area contributed by atoms with Crippen LogP contribution >= 0.6 is 0 Å². The lowest BCUT2D eigenvalue weighted by molar-refractivity contribution is 0.128. The summed E-state index contributed by atoms with van der Waals surface area (Å²) in [6, 6.07) is 0. The van der Waals surface area contributed by atoms with Crippen LogP contribution in [0, 0.1) is 6.92 Å². The molecule has 6 nitrogen and oxygen atoms in total. The molecular formula is C7H10N4O2. The second kappa shape index (κ2) is 3.04. The first-order valence-electron chi connectivity index (χ1n) is 4.05. The van der Waals surface area contributed by atoms with Gasteiger partial charge in [0.25, 0.3) is 0 Å². The molecule has 0 aromatic carbocycles. The maximum atomic E-state index is 10.7. The average Bonchev–Trinajstić information content (AvgIpc) is 2.62. The fraction of sp³-hybridized carbons (Fsp3) is 0.571. The number of amides is 1. The summed E-state index contributed by atoms with van der Waals surface area (Å²) in [5, 5.41) is 10.3. The van der Waals surface area contributed by atoms with E-state index in [4.69, 9.17) is 4.74 Å². The van der Waals surface area contributed by atoms with Crippen molar-refractivity contribution < 1.29 is 9.53 Å². The molecule has 0 radical (unpaired) electrons. The van der Waals surface area contributed by atoms with E-state index in [2.05, 4.69) is 15.6 Å². The Labute approximate surface area is 74.9 Å². The molecule has 1 aromatic rings. The van der Waals surface area contributed by atoms with Gasteiger partial charge in [-0.25, -0.2) is 9.48 Å². The van der Waals surface area contributed by atoms with Gasteiger partial charge in [0.2, 0.25) is 0 Å². The van der Waals surface area contributed by atoms with Crippen molar-refractivity contribution in [2.75, 3.05) is 6.54 Å². The molecule has 2 heterocycles. The third-order valence-electron chi connectivity index (χ3n) is 1.79. The van der Waals surface area contributed by atoms with Gasteiger partial charge >= 0.3 is 6.09 Å². The van der Waals surface area contributed by atoms with Gasteiger partial charge in [0.1, 0.15) is 6.10 Å². The lowest BCUT2D eigenvalue weighted by Gasteiger charge is -2.05. The van der Waals surface area contributed by atoms with Gasteiger partial charge in [0.05, 0.1) is 18.8 Å². The molecule has 1 atom stereocenters. The molecule has 1 aliphatic heterocycles. The molecule has 0 spiro atoms. The summed E-state index contributed by atoms with van der Waals surface area (Å²) in [6.07, 6.45) is 1.32. The van der Waals surface area contributed by atoms with Crippen molar-refractivity contribution >= 4 is 6.09 Å². The number of hydrogen-bond donors (Lipinski definition) is 1. The number of carbonyl (C=O) groups excluding carboxylic acids is 1. The molecule has 2 rings (SSSR count). The number of carbonyl (C=O) groups is 1. The minimum Gasteiger partial charge on any atom is -0.442 e. The van der Waals surface area contributed by atoms with Crippen LogP contribution in [0.2, 0.25) is 0 Å². The van der Waals surface area contributed by atoms with Crippen LogP contribution in [0.25, 0.3) is 0 Å². The number of nitrogens with zero attached hydrogens (tertiary/aromatic N) is 3. The van der Waals surface area contributed by atoms with Crippen molar-refractivity contribution in [3.8, 4) is 0 Å². The molecule has 6 heteroatoms. The Morgan fingerprint density at radius 3 is 3.23 bits per heavy atom. The van der Waals surface area contributed by atoms with Crippen molar-refractivity contribution in [1.82, 2.24) is 20.3 Å². The number of aryl methyl sites for hydroxylation is 1. The number of cyclic esters (lactones) is 1. The smallest absolute Gasteiger partial charge is 0.407 e. The topological polar surface area (TPSA) is 69.0 Å². The molecule has 1 aromatic heterocycles. The lowest BCUT2D eigenvalue weighted by Crippen LogP contribution is -2.20. The van der Waals surface area contributed by atoms with Crippen molar-refractivity contribution in [2.24, 2.45) is 0 Å². The number of rotatable bonds is 2. The van der Waals surface area contributed by atoms with Crippen LogP contribution in [-0.4, -0.2) is 33.7 Å². The second-order valence-electron chi connectivity index (χ2n) is 2.99. The zero-order valence-electron chi connectivity index (χ0n) is 7.23. The summed E-state index contributed by atoms with van der Waals surface area (Å²) in [4.78, 5) is 10.7. The fourth-order valence-corrected chi connectivity index (χ4v) is 1.23. The van der Waals surface area contributed by atoms with Gasteiger partial charge in [-0.05, 0) is 6.92 Å². The van der Waals surface area contributed by atoms with Crippen molar-refractivity contribution in [3.05, 3.63) is 11.9 Å². The summed E-state index contributed by atoms with van der Waals surface area (Å²) >= 11 is 0. The van der Waals surface area contributed by atoms with Gasteiger partial charge < -0.3 is 10.1 Å². The van der Waals surface area contributed by atoms with Crippen LogP contribution in [0.1, 0.15) is 5.69 Å². The summed E-state index contributed by atoms with van der Waals surface area (Å²) in [6.45, 7) is 2.96. The minimum absolute atomic E-state index is 0.131. The first-order valence-corrected chi connectivity index (χ1v) is 4.05. The molecule has 0 bridgehead atoms. The SMILES string of the molecule is Cc1cn(C[C@H]2CNC(=O)O2)nn1. The predicted molar refractivity (Wildman–Crippen MR) is 43.0 cm³/mol. The normalized spacial score (nSPS) is 21.3. The number of alkyl carbamates (subject to hydrolysis) is 1. The van der Waals surface area contributed by atoms with Gasteiger partial charge in [0.15, 0.2) is 0 Å². The summed E-state index contributed by atoms with van der Waals surface area (Å²) in [5.74, 6) is 0. The lowest BCUT2D eigenvalue weighted by atomic mass is 10.3. The Kier molecular flexibility index (Phi) is 1.88. The monoisotopic (exact) mass is 182 g/mol. The summed E-state index contributed by atoms with van der Waals surface area (Å²) in [7, 11) is 0. The van der Waals surface area contributed by atoms with E-state index < -0.39 is 0 Å². The van der Waals surface area contributed by atoms with E-state index in [0.29, 0.717) is 13.1 Å². The van der Waals surface area contributed by atoms with Crippen LogP contribution < -0.4 is 5.32 Å². The minimum atomic E-state index is -0.359. The van der Waals surface area contributed by atoms with E-state index in [-0.39, 0.29) is 12.2 Å². The first kappa shape index (κ1) is 8.03. The van der Waals surface area contributed by atoms with Crippen LogP contribution in [-0.2, 0) is 11.3 Å². The number of aromatic nitrogens is 3. The average molecular weight is 182 g/mol. The van der Waals surface area contributed by atoms with E-state index >= 15 is 0 Å². The highest BCUT2D eigenvalue weighted by atomic mass is 16.6. The van der Waals surface area contributed by atoms with Gasteiger partial charge in [-0.15, -0.1) is 5.10 Å². The highest BCUT2D eigenvalue weighted by Crippen LogP contribution is 2.02. The molecule has 0 saturated carbocycles. The quantitative estimate of drug-likeness (QED) is 0.681. The summed E-state index contributed by atoms with van der Waals surface area (Å²) in [5.41, 5.74) is 0.859. The molecule has 0 unspecified atom stereocenters. The largest absolute Gasteiger partial charge is 0.442 e. The maximum absolute atomic E-state index is 10.7. The van der Waals surface area contributed by atoms with Crippen molar-refractivity contribution in [3.63, 3.8) is 0 Å². The summed E-state index contributed by atoms with van der Waals surface area (Å²) < 4.78 is 6.60. The van der Waals surface area contributed by atoms with Gasteiger partial charge in [-0.2, -0.15) is 0 Å². The molecular weight excluding hydrogens is 172 g/mol. The molecule has 1 fully saturated rings. The zero-order valence-corrected chi connectivity index (χ0v) is 7.23. The van der Waals surface area contributed by atoms with Crippen LogP contribution in [0.5, 0.6) is 0 Å². The third-order valence-corrected chi connectivity index (χ3v) is 1.79. The first-order chi connectivity index (χ1) is 6.24. The third kappa shape index (κ3) is 1.77. The van der Waals surface area contributed by atoms with Crippen LogP contribution in [0.15, 0.2) is 6.20 Å². The predicted octanol–water partition coefficient (Wildman–Crippen LogP) is -0.305. The second-order valence-corrected chi connectivity index (χ2v) is 2.99. The van der Waals surface area contributed by atoms with Crippen LogP contribution in [0.3, 0.4) is 0 Å². The zero-order chi connectivity index (χ0) is 9.26. The molecule has 0 aliphatic carbocycles. The van der Waals surface area contributed by atoms with E-state index in [0.717, 1.165) is 5.69 Å². The van der Waals surface area contributed by atoms with Crippen LogP contribution in [0.4, 0.5) is 4.79 Å². The Balaban J connectivity index is 1.95. The molecule has 70 valence electrons. The van der Waals surface area contributed by atoms with E-state index in [9.17, 15) is 4.79 Å². The van der Waals surface area contributed by atoms with E-state index in [1.165, 1.54) is 0 Å². The Morgan fingerprint density at radius 1 is 1.85 bits per heavy atom. The molecule has 1 saturated heterocycles. The maximum Gasteiger partial charge on any atom is 0.407 e. The Bertz CT molecular complexity index is 322. The number of hydrogen-bond acceptors (Lipinski definition) is 4. The standard InChI is InChI=1S/C7H10N4O2/c1-5-3-11(10-9-5)4-6-2-8-7(12)13-6/h3,6H,2,4H2,1H3,(H,8,12)/t6-/m1/s1. The van der Waals surface area contributed by atoms with Gasteiger partial charge in [-0.1, -0.05) is 5.21 Å². The van der Waals surface area contributed by atoms with E-state index in [1.54, 1.807) is 4.68 Å². The van der Waals surface area contributed by atoms with Gasteiger partial charge in [0, 0.05) is 6.20 Å². The van der Waals surface area contributed by atoms with E-state index in [1.807, 2.05) is 13.1 Å². The molecule has 1 N–H and O–H groups in total. The molecule has 13 heavy (non-hydrogen) atoms. The fourth-order valence-electron chi connectivity index (χ4n) is 1.23. The van der Waals surface area contributed by atoms with Gasteiger partial charge in [-0.3, -0.25) is 0 Å². The Morgan fingerprint density at radius 2 is 2.69 bits per heavy atom. The molecule has 1 amide bonds. The highest BCUT2D eigenvalue weighted by molar-refractivity contribution is 5.69. The number of ether oxygens (including phenoxy) is 1. The highest BCUT2D eigenvalue weighted by Gasteiger charge is 2.22. The van der Waals surface area contributed by atoms with Crippen molar-refractivity contribution in [1.29, 1.82) is 0 Å². The number of nitrogens with one attached hydrogen (secondary N) is 1. The molecule has 1 aliphatic rings. The Hall–Kier alpha value is -1.59. The van der Waals surface area contributed by atoms with Crippen molar-refractivity contribution in [2.45, 2.75) is 19.6 Å².